The molecular formula is C18H25NO2. The lowest BCUT2D eigenvalue weighted by Gasteiger charge is -2.28. The monoisotopic (exact) mass is 287 g/mol. The van der Waals surface area contributed by atoms with Crippen molar-refractivity contribution in [2.24, 2.45) is 0 Å². The molecule has 2 fully saturated rings. The van der Waals surface area contributed by atoms with Crippen LogP contribution in [0.15, 0.2) is 30.3 Å². The third kappa shape index (κ3) is 2.23. The molecule has 3 heteroatoms. The Bertz CT molecular complexity index is 515. The smallest absolute Gasteiger partial charge is 0.191 e. The van der Waals surface area contributed by atoms with Crippen molar-refractivity contribution in [2.45, 2.75) is 70.1 Å². The molecule has 1 unspecified atom stereocenters. The van der Waals surface area contributed by atoms with Gasteiger partial charge < -0.3 is 0 Å². The first-order chi connectivity index (χ1) is 10.2. The van der Waals surface area contributed by atoms with Gasteiger partial charge in [0.1, 0.15) is 5.54 Å². The molecule has 114 valence electrons. The third-order valence-electron chi connectivity index (χ3n) is 4.97. The van der Waals surface area contributed by atoms with Crippen LogP contribution >= 0.6 is 0 Å². The van der Waals surface area contributed by atoms with Gasteiger partial charge in [-0.25, -0.2) is 0 Å². The number of benzene rings is 1. The van der Waals surface area contributed by atoms with E-state index in [-0.39, 0.29) is 11.3 Å². The molecule has 1 aromatic rings. The van der Waals surface area contributed by atoms with Gasteiger partial charge in [0.25, 0.3) is 0 Å². The highest BCUT2D eigenvalue weighted by molar-refractivity contribution is 5.89. The first-order valence-electron chi connectivity index (χ1n) is 8.28. The van der Waals surface area contributed by atoms with Gasteiger partial charge in [-0.1, -0.05) is 57.0 Å². The van der Waals surface area contributed by atoms with Crippen molar-refractivity contribution in [1.29, 1.82) is 0 Å². The number of carbonyl (C=O) groups is 1. The fraction of sp³-hybridized carbons (Fsp3) is 0.611. The lowest BCUT2D eigenvalue weighted by atomic mass is 9.84. The summed E-state index contributed by atoms with van der Waals surface area (Å²) in [6.45, 7) is 4.26. The van der Waals surface area contributed by atoms with Gasteiger partial charge in [-0.15, -0.1) is 5.06 Å². The molecule has 0 amide bonds. The SMILES string of the molecule is CCCC[C@@]1(C(=O)CCC)CC[C@@]2(c3ccccc3)ON12. The summed E-state index contributed by atoms with van der Waals surface area (Å²) in [6.07, 6.45) is 6.56. The lowest BCUT2D eigenvalue weighted by Crippen LogP contribution is -2.44. The first kappa shape index (κ1) is 14.7. The van der Waals surface area contributed by atoms with Gasteiger partial charge in [-0.3, -0.25) is 9.63 Å². The predicted octanol–water partition coefficient (Wildman–Crippen LogP) is 4.18. The van der Waals surface area contributed by atoms with E-state index in [1.807, 2.05) is 23.3 Å². The standard InChI is InChI=1S/C18H25NO2/c1-3-5-12-17(16(20)9-4-2)13-14-18(19(17)21-18)15-10-7-6-8-11-15/h6-8,10-11H,3-5,9,12-14H2,1-2H3/t17-,18-,19?/m0/s1. The van der Waals surface area contributed by atoms with Crippen LogP contribution in [-0.4, -0.2) is 16.4 Å². The number of Topliss-reactive ketones (excluding diaryl/α,β-unsaturated/α-hetero) is 1. The molecule has 0 N–H and O–H groups in total. The molecule has 0 radical (unpaired) electrons. The van der Waals surface area contributed by atoms with Crippen molar-refractivity contribution in [3.63, 3.8) is 0 Å². The number of hydroxylamine groups is 2. The number of rotatable bonds is 7. The van der Waals surface area contributed by atoms with E-state index < -0.39 is 0 Å². The van der Waals surface area contributed by atoms with E-state index in [1.54, 1.807) is 0 Å². The van der Waals surface area contributed by atoms with Gasteiger partial charge in [0, 0.05) is 18.4 Å². The molecule has 0 aliphatic carbocycles. The third-order valence-corrected chi connectivity index (χ3v) is 4.97. The molecule has 3 nitrogen and oxygen atoms in total. The zero-order valence-electron chi connectivity index (χ0n) is 13.1. The van der Waals surface area contributed by atoms with Crippen molar-refractivity contribution in [3.05, 3.63) is 35.9 Å². The van der Waals surface area contributed by atoms with Gasteiger partial charge in [-0.05, 0) is 19.3 Å². The second kappa shape index (κ2) is 5.54. The average Bonchev–Trinajstić information content (AvgIpc) is 3.18. The maximum absolute atomic E-state index is 12.8. The molecule has 2 saturated heterocycles. The molecular weight excluding hydrogens is 262 g/mol. The van der Waals surface area contributed by atoms with Crippen molar-refractivity contribution in [1.82, 2.24) is 5.06 Å². The summed E-state index contributed by atoms with van der Waals surface area (Å²) in [6, 6.07) is 10.3. The summed E-state index contributed by atoms with van der Waals surface area (Å²) in [7, 11) is 0. The van der Waals surface area contributed by atoms with Crippen LogP contribution in [0.25, 0.3) is 0 Å². The molecule has 21 heavy (non-hydrogen) atoms. The highest BCUT2D eigenvalue weighted by atomic mass is 16.9. The molecule has 2 heterocycles. The van der Waals surface area contributed by atoms with Crippen LogP contribution in [0, 0.1) is 0 Å². The fourth-order valence-corrected chi connectivity index (χ4v) is 3.75. The maximum Gasteiger partial charge on any atom is 0.191 e. The molecule has 2 aliphatic heterocycles. The fourth-order valence-electron chi connectivity index (χ4n) is 3.75. The summed E-state index contributed by atoms with van der Waals surface area (Å²) in [4.78, 5) is 18.8. The second-order valence-electron chi connectivity index (χ2n) is 6.34. The number of carbonyl (C=O) groups excluding carboxylic acids is 1. The number of ketones is 1. The Morgan fingerprint density at radius 2 is 1.95 bits per heavy atom. The molecule has 0 saturated carbocycles. The van der Waals surface area contributed by atoms with E-state index in [4.69, 9.17) is 4.84 Å². The summed E-state index contributed by atoms with van der Waals surface area (Å²) < 4.78 is 0. The molecule has 3 rings (SSSR count). The Hall–Kier alpha value is -1.19. The number of unbranched alkanes of at least 4 members (excludes halogenated alkanes) is 1. The lowest BCUT2D eigenvalue weighted by molar-refractivity contribution is -0.132. The Kier molecular flexibility index (Phi) is 3.89. The van der Waals surface area contributed by atoms with Crippen LogP contribution in [0.3, 0.4) is 0 Å². The average molecular weight is 287 g/mol. The molecule has 0 spiro atoms. The van der Waals surface area contributed by atoms with Crippen LogP contribution < -0.4 is 0 Å². The minimum Gasteiger partial charge on any atom is -0.298 e. The van der Waals surface area contributed by atoms with Gasteiger partial charge in [-0.2, -0.15) is 0 Å². The maximum atomic E-state index is 12.8. The quantitative estimate of drug-likeness (QED) is 0.705. The van der Waals surface area contributed by atoms with Crippen molar-refractivity contribution < 1.29 is 9.63 Å². The van der Waals surface area contributed by atoms with Crippen LogP contribution in [0.5, 0.6) is 0 Å². The molecule has 1 aromatic carbocycles. The van der Waals surface area contributed by atoms with Crippen LogP contribution in [0.2, 0.25) is 0 Å². The van der Waals surface area contributed by atoms with Crippen LogP contribution in [0.4, 0.5) is 0 Å². The molecule has 0 aromatic heterocycles. The molecule has 0 bridgehead atoms. The normalized spacial score (nSPS) is 33.7. The zero-order valence-corrected chi connectivity index (χ0v) is 13.1. The van der Waals surface area contributed by atoms with E-state index in [1.165, 1.54) is 5.56 Å². The van der Waals surface area contributed by atoms with E-state index >= 15 is 0 Å². The molecule has 3 atom stereocenters. The summed E-state index contributed by atoms with van der Waals surface area (Å²) in [5.41, 5.74) is 0.493. The van der Waals surface area contributed by atoms with Crippen molar-refractivity contribution in [2.75, 3.05) is 0 Å². The minimum absolute atomic E-state index is 0.321. The summed E-state index contributed by atoms with van der Waals surface area (Å²) in [5.74, 6) is 0.369. The largest absolute Gasteiger partial charge is 0.298 e. The number of hydrogen-bond donors (Lipinski definition) is 0. The molecule has 2 aliphatic rings. The second-order valence-corrected chi connectivity index (χ2v) is 6.34. The van der Waals surface area contributed by atoms with Crippen LogP contribution in [0.1, 0.15) is 64.4 Å². The van der Waals surface area contributed by atoms with Crippen molar-refractivity contribution >= 4 is 5.78 Å². The Balaban J connectivity index is 1.86. The minimum atomic E-state index is -0.373. The van der Waals surface area contributed by atoms with E-state index in [2.05, 4.69) is 26.0 Å². The van der Waals surface area contributed by atoms with Gasteiger partial charge >= 0.3 is 0 Å². The summed E-state index contributed by atoms with van der Waals surface area (Å²) >= 11 is 0. The van der Waals surface area contributed by atoms with Gasteiger partial charge in [0.2, 0.25) is 0 Å². The Labute approximate surface area is 127 Å². The number of fused-ring (bicyclic) bond motifs is 1. The number of hydrogen-bond acceptors (Lipinski definition) is 3. The van der Waals surface area contributed by atoms with E-state index in [0.29, 0.717) is 12.2 Å². The van der Waals surface area contributed by atoms with E-state index in [9.17, 15) is 4.79 Å². The number of nitrogens with zero attached hydrogens (tertiary/aromatic N) is 1. The Morgan fingerprint density at radius 3 is 2.57 bits per heavy atom. The van der Waals surface area contributed by atoms with E-state index in [0.717, 1.165) is 38.5 Å². The highest BCUT2D eigenvalue weighted by Gasteiger charge is 2.71. The van der Waals surface area contributed by atoms with Crippen LogP contribution in [-0.2, 0) is 15.4 Å². The summed E-state index contributed by atoms with van der Waals surface area (Å²) in [5, 5.41) is 2.03. The first-order valence-corrected chi connectivity index (χ1v) is 8.28. The Morgan fingerprint density at radius 1 is 1.19 bits per heavy atom. The van der Waals surface area contributed by atoms with Gasteiger partial charge in [0.15, 0.2) is 11.5 Å². The van der Waals surface area contributed by atoms with Crippen molar-refractivity contribution in [3.8, 4) is 0 Å². The topological polar surface area (TPSA) is 32.6 Å². The highest BCUT2D eigenvalue weighted by Crippen LogP contribution is 2.62. The zero-order chi connectivity index (χ0) is 14.9. The predicted molar refractivity (Wildman–Crippen MR) is 82.4 cm³/mol. The van der Waals surface area contributed by atoms with Gasteiger partial charge in [0.05, 0.1) is 0 Å².